The molecule has 0 saturated carbocycles. The Kier molecular flexibility index (Phi) is 6.31. The summed E-state index contributed by atoms with van der Waals surface area (Å²) >= 11 is 7.14. The summed E-state index contributed by atoms with van der Waals surface area (Å²) in [6.45, 7) is 0. The molecule has 0 bridgehead atoms. The minimum Gasteiger partial charge on any atom is -0.103 e. The Labute approximate surface area is 103 Å². The molecule has 0 aromatic carbocycles. The second-order valence-electron chi connectivity index (χ2n) is 3.23. The van der Waals surface area contributed by atoms with Crippen LogP contribution in [0.25, 0.3) is 0 Å². The summed E-state index contributed by atoms with van der Waals surface area (Å²) in [6, 6.07) is 0. The van der Waals surface area contributed by atoms with Gasteiger partial charge >= 0.3 is 0 Å². The van der Waals surface area contributed by atoms with Crippen LogP contribution in [0, 0.1) is 11.8 Å². The van der Waals surface area contributed by atoms with Crippen molar-refractivity contribution in [3.63, 3.8) is 0 Å². The van der Waals surface area contributed by atoms with Crippen molar-refractivity contribution in [2.45, 2.75) is 38.5 Å². The number of rotatable bonds is 0. The summed E-state index contributed by atoms with van der Waals surface area (Å²) in [5.74, 6) is 6.36. The van der Waals surface area contributed by atoms with E-state index < -0.39 is 0 Å². The maximum absolute atomic E-state index is 3.57. The first-order valence-corrected chi connectivity index (χ1v) is 6.52. The van der Waals surface area contributed by atoms with Crippen molar-refractivity contribution >= 4 is 31.9 Å². The Morgan fingerprint density at radius 1 is 0.857 bits per heavy atom. The molecular weight excluding hydrogens is 304 g/mol. The molecule has 76 valence electrons. The van der Waals surface area contributed by atoms with E-state index in [-0.39, 0.29) is 0 Å². The predicted octanol–water partition coefficient (Wildman–Crippen LogP) is 4.90. The van der Waals surface area contributed by atoms with Gasteiger partial charge in [-0.3, -0.25) is 0 Å². The van der Waals surface area contributed by atoms with Gasteiger partial charge in [0, 0.05) is 12.8 Å². The molecule has 0 saturated heterocycles. The maximum atomic E-state index is 3.57. The first kappa shape index (κ1) is 12.1. The molecule has 0 spiro atoms. The van der Waals surface area contributed by atoms with Gasteiger partial charge in [0.25, 0.3) is 0 Å². The van der Waals surface area contributed by atoms with Crippen molar-refractivity contribution in [2.75, 3.05) is 0 Å². The molecular formula is C12H14Br2. The largest absolute Gasteiger partial charge is 0.103 e. The number of hydrogen-bond acceptors (Lipinski definition) is 0. The highest BCUT2D eigenvalue weighted by atomic mass is 79.9. The van der Waals surface area contributed by atoms with Gasteiger partial charge in [0.05, 0.1) is 0 Å². The zero-order valence-electron chi connectivity index (χ0n) is 8.15. The van der Waals surface area contributed by atoms with Gasteiger partial charge in [-0.05, 0) is 34.6 Å². The molecule has 1 rings (SSSR count). The third-order valence-electron chi connectivity index (χ3n) is 2.00. The highest BCUT2D eigenvalue weighted by Gasteiger charge is 1.96. The number of halogens is 2. The van der Waals surface area contributed by atoms with E-state index in [1.165, 1.54) is 8.96 Å². The molecule has 0 heterocycles. The third kappa shape index (κ3) is 5.67. The first-order chi connectivity index (χ1) is 6.79. The molecule has 0 radical (unpaired) electrons. The lowest BCUT2D eigenvalue weighted by Gasteiger charge is -2.00. The molecule has 0 aromatic heterocycles. The first-order valence-electron chi connectivity index (χ1n) is 4.94. The Balaban J connectivity index is 2.56. The predicted molar refractivity (Wildman–Crippen MR) is 69.5 cm³/mol. The Bertz CT molecular complexity index is 261. The average Bonchev–Trinajstić information content (AvgIpc) is 2.17. The van der Waals surface area contributed by atoms with Crippen LogP contribution in [0.5, 0.6) is 0 Å². The van der Waals surface area contributed by atoms with Crippen LogP contribution in [0.2, 0.25) is 0 Å². The van der Waals surface area contributed by atoms with Crippen molar-refractivity contribution in [3.05, 3.63) is 21.1 Å². The quantitative estimate of drug-likeness (QED) is 0.557. The van der Waals surface area contributed by atoms with Gasteiger partial charge < -0.3 is 0 Å². The smallest absolute Gasteiger partial charge is 0.0124 e. The molecule has 2 heteroatoms. The van der Waals surface area contributed by atoms with Crippen LogP contribution < -0.4 is 0 Å². The lowest BCUT2D eigenvalue weighted by Crippen LogP contribution is -1.79. The molecule has 1 aliphatic rings. The molecule has 0 atom stereocenters. The van der Waals surface area contributed by atoms with Crippen LogP contribution in [0.4, 0.5) is 0 Å². The van der Waals surface area contributed by atoms with Crippen molar-refractivity contribution in [3.8, 4) is 11.8 Å². The van der Waals surface area contributed by atoms with Gasteiger partial charge in [0.1, 0.15) is 0 Å². The topological polar surface area (TPSA) is 0 Å². The molecule has 14 heavy (non-hydrogen) atoms. The van der Waals surface area contributed by atoms with Crippen molar-refractivity contribution < 1.29 is 0 Å². The zero-order valence-corrected chi connectivity index (χ0v) is 11.3. The second-order valence-corrected chi connectivity index (χ2v) is 5.27. The van der Waals surface area contributed by atoms with E-state index in [2.05, 4.69) is 55.9 Å². The summed E-state index contributed by atoms with van der Waals surface area (Å²) in [5, 5.41) is 0. The van der Waals surface area contributed by atoms with E-state index >= 15 is 0 Å². The van der Waals surface area contributed by atoms with Gasteiger partial charge in [-0.1, -0.05) is 44.0 Å². The molecule has 0 fully saturated rings. The van der Waals surface area contributed by atoms with E-state index in [4.69, 9.17) is 0 Å². The maximum Gasteiger partial charge on any atom is 0.0124 e. The molecule has 0 unspecified atom stereocenters. The monoisotopic (exact) mass is 316 g/mol. The van der Waals surface area contributed by atoms with Crippen LogP contribution in [-0.4, -0.2) is 0 Å². The Morgan fingerprint density at radius 3 is 1.71 bits per heavy atom. The highest BCUT2D eigenvalue weighted by Crippen LogP contribution is 2.22. The second kappa shape index (κ2) is 7.31. The lowest BCUT2D eigenvalue weighted by molar-refractivity contribution is 0.973. The summed E-state index contributed by atoms with van der Waals surface area (Å²) in [7, 11) is 0. The van der Waals surface area contributed by atoms with Gasteiger partial charge in [-0.15, -0.1) is 11.8 Å². The zero-order chi connectivity index (χ0) is 10.2. The summed E-state index contributed by atoms with van der Waals surface area (Å²) < 4.78 is 2.59. The van der Waals surface area contributed by atoms with Gasteiger partial charge in [0.2, 0.25) is 0 Å². The molecule has 1 aliphatic carbocycles. The fourth-order valence-corrected chi connectivity index (χ4v) is 2.08. The van der Waals surface area contributed by atoms with Crippen molar-refractivity contribution in [1.82, 2.24) is 0 Å². The van der Waals surface area contributed by atoms with Gasteiger partial charge in [0.15, 0.2) is 0 Å². The van der Waals surface area contributed by atoms with Crippen molar-refractivity contribution in [1.29, 1.82) is 0 Å². The van der Waals surface area contributed by atoms with Gasteiger partial charge in [-0.25, -0.2) is 0 Å². The molecule has 0 nitrogen and oxygen atoms in total. The van der Waals surface area contributed by atoms with E-state index in [0.29, 0.717) is 0 Å². The SMILES string of the molecule is Br/C1=C\CCC#CCC/C=C(\Br)CC1. The standard InChI is InChI=1S/C12H14Br2/c13-11-7-5-3-1-2-4-6-8-12(14)10-9-11/h7-8H,3-6,9-10H2/b11-7-,12-8-. The molecule has 0 N–H and O–H groups in total. The van der Waals surface area contributed by atoms with Crippen LogP contribution in [0.3, 0.4) is 0 Å². The summed E-state index contributed by atoms with van der Waals surface area (Å²) in [4.78, 5) is 0. The molecule has 0 amide bonds. The van der Waals surface area contributed by atoms with Crippen LogP contribution >= 0.6 is 31.9 Å². The summed E-state index contributed by atoms with van der Waals surface area (Å²) in [6.07, 6.45) is 10.7. The van der Waals surface area contributed by atoms with Gasteiger partial charge in [-0.2, -0.15) is 0 Å². The third-order valence-corrected chi connectivity index (χ3v) is 3.44. The fourth-order valence-electron chi connectivity index (χ4n) is 1.22. The summed E-state index contributed by atoms with van der Waals surface area (Å²) in [5.41, 5.74) is 0. The van der Waals surface area contributed by atoms with E-state index in [1.807, 2.05) is 0 Å². The van der Waals surface area contributed by atoms with Crippen LogP contribution in [0.15, 0.2) is 21.1 Å². The fraction of sp³-hybridized carbons (Fsp3) is 0.500. The van der Waals surface area contributed by atoms with E-state index in [9.17, 15) is 0 Å². The number of hydrogen-bond donors (Lipinski definition) is 0. The lowest BCUT2D eigenvalue weighted by atomic mass is 10.2. The Morgan fingerprint density at radius 2 is 1.29 bits per heavy atom. The molecule has 0 aromatic rings. The van der Waals surface area contributed by atoms with Crippen molar-refractivity contribution in [2.24, 2.45) is 0 Å². The average molecular weight is 318 g/mol. The molecule has 0 aliphatic heterocycles. The number of allylic oxidation sites excluding steroid dienone is 4. The van der Waals surface area contributed by atoms with E-state index in [0.717, 1.165) is 38.5 Å². The van der Waals surface area contributed by atoms with E-state index in [1.54, 1.807) is 0 Å². The minimum atomic E-state index is 0.986. The van der Waals surface area contributed by atoms with Crippen LogP contribution in [0.1, 0.15) is 38.5 Å². The normalized spacial score (nSPS) is 26.7. The highest BCUT2D eigenvalue weighted by molar-refractivity contribution is 9.12. The van der Waals surface area contributed by atoms with Crippen LogP contribution in [-0.2, 0) is 0 Å². The Hall–Kier alpha value is -0.0000000000000000555. The minimum absolute atomic E-state index is 0.986.